The first kappa shape index (κ1) is 18.4. The van der Waals surface area contributed by atoms with E-state index in [4.69, 9.17) is 11.6 Å². The number of rotatable bonds is 4. The topological polar surface area (TPSA) is 49.4 Å². The van der Waals surface area contributed by atoms with Gasteiger partial charge in [-0.15, -0.1) is 0 Å². The summed E-state index contributed by atoms with van der Waals surface area (Å²) in [6.07, 6.45) is 1.38. The van der Waals surface area contributed by atoms with Gasteiger partial charge in [-0.2, -0.15) is 0 Å². The third-order valence-corrected chi connectivity index (χ3v) is 4.92. The summed E-state index contributed by atoms with van der Waals surface area (Å²) in [7, 11) is 0. The van der Waals surface area contributed by atoms with E-state index in [-0.39, 0.29) is 30.0 Å². The zero-order valence-corrected chi connectivity index (χ0v) is 15.0. The first-order valence-corrected chi connectivity index (χ1v) is 8.98. The molecule has 0 atom stereocenters. The molecule has 26 heavy (non-hydrogen) atoms. The van der Waals surface area contributed by atoms with Crippen molar-refractivity contribution in [2.75, 3.05) is 18.4 Å². The maximum Gasteiger partial charge on any atom is 0.227 e. The number of benzene rings is 2. The van der Waals surface area contributed by atoms with Crippen LogP contribution in [0.5, 0.6) is 0 Å². The normalized spacial score (nSPS) is 14.9. The average molecular weight is 375 g/mol. The van der Waals surface area contributed by atoms with Crippen LogP contribution in [0.25, 0.3) is 0 Å². The second kappa shape index (κ2) is 8.32. The van der Waals surface area contributed by atoms with Gasteiger partial charge in [0.05, 0.1) is 17.1 Å². The summed E-state index contributed by atoms with van der Waals surface area (Å²) < 4.78 is 13.2. The van der Waals surface area contributed by atoms with E-state index in [1.807, 2.05) is 6.07 Å². The second-order valence-corrected chi connectivity index (χ2v) is 6.84. The van der Waals surface area contributed by atoms with Gasteiger partial charge in [-0.3, -0.25) is 9.59 Å². The predicted octanol–water partition coefficient (Wildman–Crippen LogP) is 3.90. The van der Waals surface area contributed by atoms with Crippen LogP contribution in [-0.4, -0.2) is 29.8 Å². The summed E-state index contributed by atoms with van der Waals surface area (Å²) >= 11 is 6.07. The molecule has 0 aliphatic carbocycles. The Balaban J connectivity index is 1.51. The van der Waals surface area contributed by atoms with Crippen LogP contribution in [0.4, 0.5) is 10.1 Å². The molecular weight excluding hydrogens is 355 g/mol. The maximum absolute atomic E-state index is 13.2. The van der Waals surface area contributed by atoms with Crippen LogP contribution >= 0.6 is 11.6 Å². The highest BCUT2D eigenvalue weighted by Crippen LogP contribution is 2.24. The summed E-state index contributed by atoms with van der Waals surface area (Å²) in [6, 6.07) is 13.2. The molecule has 0 aromatic heterocycles. The Morgan fingerprint density at radius 3 is 2.54 bits per heavy atom. The molecule has 1 aliphatic heterocycles. The van der Waals surface area contributed by atoms with E-state index in [1.165, 1.54) is 12.1 Å². The van der Waals surface area contributed by atoms with Crippen molar-refractivity contribution in [3.8, 4) is 0 Å². The summed E-state index contributed by atoms with van der Waals surface area (Å²) in [5.74, 6) is -0.606. The van der Waals surface area contributed by atoms with Crippen LogP contribution in [0.1, 0.15) is 18.4 Å². The minimum Gasteiger partial charge on any atom is -0.342 e. The Bertz CT molecular complexity index is 804. The third kappa shape index (κ3) is 4.61. The van der Waals surface area contributed by atoms with Crippen LogP contribution in [-0.2, 0) is 16.0 Å². The summed E-state index contributed by atoms with van der Waals surface area (Å²) in [5.41, 5.74) is 1.26. The molecule has 2 aromatic carbocycles. The lowest BCUT2D eigenvalue weighted by atomic mass is 9.95. The molecule has 0 bridgehead atoms. The smallest absolute Gasteiger partial charge is 0.227 e. The number of hydrogen-bond acceptors (Lipinski definition) is 2. The van der Waals surface area contributed by atoms with Crippen molar-refractivity contribution in [3.63, 3.8) is 0 Å². The molecule has 0 unspecified atom stereocenters. The molecule has 1 N–H and O–H groups in total. The molecule has 0 saturated carbocycles. The summed E-state index contributed by atoms with van der Waals surface area (Å²) in [5, 5.41) is 3.36. The molecule has 2 aromatic rings. The van der Waals surface area contributed by atoms with Crippen LogP contribution in [0, 0.1) is 11.7 Å². The number of carbonyl (C=O) groups excluding carboxylic acids is 2. The largest absolute Gasteiger partial charge is 0.342 e. The fourth-order valence-electron chi connectivity index (χ4n) is 3.12. The lowest BCUT2D eigenvalue weighted by Crippen LogP contribution is -2.42. The number of nitrogens with zero attached hydrogens (tertiary/aromatic N) is 1. The fraction of sp³-hybridized carbons (Fsp3) is 0.300. The SMILES string of the molecule is O=C(Nc1ccccc1Cl)C1CCN(C(=O)Cc2cccc(F)c2)CC1. The van der Waals surface area contributed by atoms with Gasteiger partial charge in [-0.25, -0.2) is 4.39 Å². The Morgan fingerprint density at radius 2 is 1.85 bits per heavy atom. The molecule has 6 heteroatoms. The highest BCUT2D eigenvalue weighted by atomic mass is 35.5. The number of amides is 2. The van der Waals surface area contributed by atoms with E-state index in [2.05, 4.69) is 5.32 Å². The van der Waals surface area contributed by atoms with Crippen molar-refractivity contribution in [3.05, 3.63) is 64.9 Å². The Kier molecular flexibility index (Phi) is 5.89. The van der Waals surface area contributed by atoms with E-state index in [9.17, 15) is 14.0 Å². The Morgan fingerprint density at radius 1 is 1.12 bits per heavy atom. The molecule has 0 spiro atoms. The molecule has 1 fully saturated rings. The van der Waals surface area contributed by atoms with Gasteiger partial charge in [-0.05, 0) is 42.7 Å². The van der Waals surface area contributed by atoms with Crippen LogP contribution in [0.3, 0.4) is 0 Å². The number of para-hydroxylation sites is 1. The van der Waals surface area contributed by atoms with E-state index in [0.29, 0.717) is 42.2 Å². The molecule has 1 heterocycles. The zero-order chi connectivity index (χ0) is 18.5. The number of piperidine rings is 1. The zero-order valence-electron chi connectivity index (χ0n) is 14.3. The van der Waals surface area contributed by atoms with Crippen LogP contribution in [0.2, 0.25) is 5.02 Å². The van der Waals surface area contributed by atoms with Crippen molar-refractivity contribution in [2.45, 2.75) is 19.3 Å². The van der Waals surface area contributed by atoms with Crippen molar-refractivity contribution in [1.29, 1.82) is 0 Å². The number of likely N-dealkylation sites (tertiary alicyclic amines) is 1. The minimum atomic E-state index is -0.342. The van der Waals surface area contributed by atoms with Gasteiger partial charge in [0.15, 0.2) is 0 Å². The number of nitrogens with one attached hydrogen (secondary N) is 1. The summed E-state index contributed by atoms with van der Waals surface area (Å²) in [6.45, 7) is 1.05. The molecule has 4 nitrogen and oxygen atoms in total. The van der Waals surface area contributed by atoms with E-state index < -0.39 is 0 Å². The van der Waals surface area contributed by atoms with Gasteiger partial charge in [-0.1, -0.05) is 35.9 Å². The van der Waals surface area contributed by atoms with E-state index in [1.54, 1.807) is 35.2 Å². The van der Waals surface area contributed by atoms with E-state index in [0.717, 1.165) is 0 Å². The summed E-state index contributed by atoms with van der Waals surface area (Å²) in [4.78, 5) is 26.5. The van der Waals surface area contributed by atoms with Crippen molar-refractivity contribution >= 4 is 29.1 Å². The van der Waals surface area contributed by atoms with Gasteiger partial charge in [0.25, 0.3) is 0 Å². The lowest BCUT2D eigenvalue weighted by molar-refractivity contribution is -0.133. The first-order valence-electron chi connectivity index (χ1n) is 8.60. The molecule has 0 radical (unpaired) electrons. The van der Waals surface area contributed by atoms with Gasteiger partial charge >= 0.3 is 0 Å². The number of carbonyl (C=O) groups is 2. The average Bonchev–Trinajstić information content (AvgIpc) is 2.64. The number of hydrogen-bond donors (Lipinski definition) is 1. The van der Waals surface area contributed by atoms with Crippen molar-refractivity contribution < 1.29 is 14.0 Å². The van der Waals surface area contributed by atoms with Gasteiger partial charge in [0.1, 0.15) is 5.82 Å². The Labute approximate surface area is 157 Å². The van der Waals surface area contributed by atoms with Gasteiger partial charge in [0.2, 0.25) is 11.8 Å². The minimum absolute atomic E-state index is 0.0411. The van der Waals surface area contributed by atoms with Gasteiger partial charge < -0.3 is 10.2 Å². The molecule has 2 amide bonds. The predicted molar refractivity (Wildman–Crippen MR) is 99.5 cm³/mol. The Hall–Kier alpha value is -2.40. The van der Waals surface area contributed by atoms with Crippen LogP contribution < -0.4 is 5.32 Å². The second-order valence-electron chi connectivity index (χ2n) is 6.43. The van der Waals surface area contributed by atoms with Gasteiger partial charge in [0, 0.05) is 19.0 Å². The van der Waals surface area contributed by atoms with E-state index >= 15 is 0 Å². The first-order chi connectivity index (χ1) is 12.5. The third-order valence-electron chi connectivity index (χ3n) is 4.59. The highest BCUT2D eigenvalue weighted by Gasteiger charge is 2.27. The molecule has 1 aliphatic rings. The van der Waals surface area contributed by atoms with Crippen molar-refractivity contribution in [1.82, 2.24) is 4.90 Å². The molecular formula is C20H20ClFN2O2. The van der Waals surface area contributed by atoms with Crippen molar-refractivity contribution in [2.24, 2.45) is 5.92 Å². The number of anilines is 1. The number of halogens is 2. The highest BCUT2D eigenvalue weighted by molar-refractivity contribution is 6.33. The standard InChI is InChI=1S/C20H20ClFN2O2/c21-17-6-1-2-7-18(17)23-20(26)15-8-10-24(11-9-15)19(25)13-14-4-3-5-16(22)12-14/h1-7,12,15H,8-11,13H2,(H,23,26). The lowest BCUT2D eigenvalue weighted by Gasteiger charge is -2.31. The molecule has 1 saturated heterocycles. The quantitative estimate of drug-likeness (QED) is 0.882. The maximum atomic E-state index is 13.2. The van der Waals surface area contributed by atoms with Crippen LogP contribution in [0.15, 0.2) is 48.5 Å². The molecule has 3 rings (SSSR count). The molecule has 136 valence electrons. The fourth-order valence-corrected chi connectivity index (χ4v) is 3.30. The monoisotopic (exact) mass is 374 g/mol.